The summed E-state index contributed by atoms with van der Waals surface area (Å²) in [6.07, 6.45) is 2.98. The predicted molar refractivity (Wildman–Crippen MR) is 84.1 cm³/mol. The molecule has 0 atom stereocenters. The molecule has 0 saturated carbocycles. The van der Waals surface area contributed by atoms with Gasteiger partial charge in [0.2, 0.25) is 5.56 Å². The second-order valence-corrected chi connectivity index (χ2v) is 5.66. The van der Waals surface area contributed by atoms with E-state index in [2.05, 4.69) is 34.7 Å². The van der Waals surface area contributed by atoms with Gasteiger partial charge in [0.25, 0.3) is 0 Å². The molecule has 0 bridgehead atoms. The maximum atomic E-state index is 11.4. The Kier molecular flexibility index (Phi) is 4.96. The van der Waals surface area contributed by atoms with Crippen molar-refractivity contribution in [2.75, 3.05) is 7.05 Å². The van der Waals surface area contributed by atoms with Crippen molar-refractivity contribution < 1.29 is 0 Å². The van der Waals surface area contributed by atoms with Gasteiger partial charge < -0.3 is 4.57 Å². The summed E-state index contributed by atoms with van der Waals surface area (Å²) in [6.45, 7) is 6.81. The first kappa shape index (κ1) is 15.5. The molecular formula is C16H24N4O. The Labute approximate surface area is 125 Å². The fourth-order valence-electron chi connectivity index (χ4n) is 2.52. The molecule has 0 fully saturated rings. The third kappa shape index (κ3) is 4.04. The SMILES string of the molecule is CCCn1nc(C)cc1CN(C)Cc1ccc(=O)n(C)c1. The van der Waals surface area contributed by atoms with Crippen LogP contribution in [-0.4, -0.2) is 26.3 Å². The fraction of sp³-hybridized carbons (Fsp3) is 0.500. The minimum absolute atomic E-state index is 0.0260. The number of nitrogens with zero attached hydrogens (tertiary/aromatic N) is 4. The van der Waals surface area contributed by atoms with Gasteiger partial charge in [0.15, 0.2) is 0 Å². The lowest BCUT2D eigenvalue weighted by molar-refractivity contribution is 0.305. The molecule has 0 radical (unpaired) electrons. The molecule has 0 aliphatic rings. The summed E-state index contributed by atoms with van der Waals surface area (Å²) in [7, 11) is 3.87. The van der Waals surface area contributed by atoms with Crippen LogP contribution in [0.25, 0.3) is 0 Å². The molecule has 2 heterocycles. The van der Waals surface area contributed by atoms with E-state index in [0.29, 0.717) is 0 Å². The van der Waals surface area contributed by atoms with Crippen molar-refractivity contribution >= 4 is 0 Å². The third-order valence-corrected chi connectivity index (χ3v) is 3.45. The molecule has 5 nitrogen and oxygen atoms in total. The fourth-order valence-corrected chi connectivity index (χ4v) is 2.52. The second kappa shape index (κ2) is 6.72. The minimum atomic E-state index is 0.0260. The number of hydrogen-bond donors (Lipinski definition) is 0. The molecule has 114 valence electrons. The van der Waals surface area contributed by atoms with Crippen LogP contribution in [0.3, 0.4) is 0 Å². The predicted octanol–water partition coefficient (Wildman–Crippen LogP) is 1.93. The molecule has 0 unspecified atom stereocenters. The zero-order valence-corrected chi connectivity index (χ0v) is 13.3. The molecule has 0 spiro atoms. The smallest absolute Gasteiger partial charge is 0.250 e. The van der Waals surface area contributed by atoms with Gasteiger partial charge in [0.1, 0.15) is 0 Å². The van der Waals surface area contributed by atoms with Crippen LogP contribution < -0.4 is 5.56 Å². The first-order valence-electron chi connectivity index (χ1n) is 7.37. The van der Waals surface area contributed by atoms with E-state index in [1.54, 1.807) is 17.7 Å². The highest BCUT2D eigenvalue weighted by Gasteiger charge is 2.09. The standard InChI is InChI=1S/C16H24N4O/c1-5-8-20-15(9-13(2)17-20)12-18(3)10-14-6-7-16(21)19(4)11-14/h6-7,9,11H,5,8,10,12H2,1-4H3. The van der Waals surface area contributed by atoms with Crippen LogP contribution in [0.4, 0.5) is 0 Å². The van der Waals surface area contributed by atoms with Gasteiger partial charge in [-0.05, 0) is 32.0 Å². The topological polar surface area (TPSA) is 43.1 Å². The molecule has 0 aliphatic carbocycles. The molecular weight excluding hydrogens is 264 g/mol. The Balaban J connectivity index is 2.05. The molecule has 0 amide bonds. The summed E-state index contributed by atoms with van der Waals surface area (Å²) < 4.78 is 3.71. The second-order valence-electron chi connectivity index (χ2n) is 5.66. The highest BCUT2D eigenvalue weighted by atomic mass is 16.1. The van der Waals surface area contributed by atoms with E-state index in [4.69, 9.17) is 0 Å². The van der Waals surface area contributed by atoms with E-state index in [0.717, 1.165) is 37.3 Å². The molecule has 0 aliphatic heterocycles. The van der Waals surface area contributed by atoms with Gasteiger partial charge in [-0.15, -0.1) is 0 Å². The van der Waals surface area contributed by atoms with E-state index in [1.807, 2.05) is 19.2 Å². The lowest BCUT2D eigenvalue weighted by Crippen LogP contribution is -2.22. The zero-order chi connectivity index (χ0) is 15.4. The van der Waals surface area contributed by atoms with E-state index >= 15 is 0 Å². The molecule has 5 heteroatoms. The maximum Gasteiger partial charge on any atom is 0.250 e. The summed E-state index contributed by atoms with van der Waals surface area (Å²) in [5, 5.41) is 4.53. The number of pyridine rings is 1. The Hall–Kier alpha value is -1.88. The normalized spacial score (nSPS) is 11.3. The average molecular weight is 288 g/mol. The molecule has 0 aromatic carbocycles. The van der Waals surface area contributed by atoms with Crippen LogP contribution in [0.15, 0.2) is 29.2 Å². The number of hydrogen-bond acceptors (Lipinski definition) is 3. The Bertz CT molecular complexity index is 657. The lowest BCUT2D eigenvalue weighted by atomic mass is 10.2. The minimum Gasteiger partial charge on any atom is -0.318 e. The van der Waals surface area contributed by atoms with Gasteiger partial charge in [-0.25, -0.2) is 0 Å². The Morgan fingerprint density at radius 1 is 1.29 bits per heavy atom. The average Bonchev–Trinajstić information content (AvgIpc) is 2.74. The Morgan fingerprint density at radius 3 is 2.71 bits per heavy atom. The van der Waals surface area contributed by atoms with Crippen LogP contribution in [0.5, 0.6) is 0 Å². The summed E-state index contributed by atoms with van der Waals surface area (Å²) in [5.74, 6) is 0. The van der Waals surface area contributed by atoms with Crippen LogP contribution in [0.2, 0.25) is 0 Å². The molecule has 0 N–H and O–H groups in total. The molecule has 0 saturated heterocycles. The van der Waals surface area contributed by atoms with Gasteiger partial charge in [0, 0.05) is 38.9 Å². The van der Waals surface area contributed by atoms with Crippen molar-refractivity contribution in [3.63, 3.8) is 0 Å². The largest absolute Gasteiger partial charge is 0.318 e. The van der Waals surface area contributed by atoms with Crippen molar-refractivity contribution in [1.82, 2.24) is 19.2 Å². The summed E-state index contributed by atoms with van der Waals surface area (Å²) in [5.41, 5.74) is 3.46. The summed E-state index contributed by atoms with van der Waals surface area (Å²) in [6, 6.07) is 5.66. The van der Waals surface area contributed by atoms with Gasteiger partial charge in [-0.1, -0.05) is 13.0 Å². The molecule has 21 heavy (non-hydrogen) atoms. The summed E-state index contributed by atoms with van der Waals surface area (Å²) in [4.78, 5) is 13.6. The Morgan fingerprint density at radius 2 is 2.05 bits per heavy atom. The van der Waals surface area contributed by atoms with Crippen LogP contribution >= 0.6 is 0 Å². The number of rotatable bonds is 6. The van der Waals surface area contributed by atoms with Gasteiger partial charge in [-0.3, -0.25) is 14.4 Å². The van der Waals surface area contributed by atoms with Crippen LogP contribution in [0.1, 0.15) is 30.3 Å². The molecule has 2 aromatic heterocycles. The van der Waals surface area contributed by atoms with E-state index < -0.39 is 0 Å². The quantitative estimate of drug-likeness (QED) is 0.816. The van der Waals surface area contributed by atoms with Crippen molar-refractivity contribution in [3.8, 4) is 0 Å². The number of aromatic nitrogens is 3. The van der Waals surface area contributed by atoms with Crippen LogP contribution in [-0.2, 0) is 26.7 Å². The van der Waals surface area contributed by atoms with Crippen molar-refractivity contribution in [1.29, 1.82) is 0 Å². The van der Waals surface area contributed by atoms with E-state index in [1.165, 1.54) is 5.69 Å². The first-order chi connectivity index (χ1) is 9.99. The van der Waals surface area contributed by atoms with Crippen molar-refractivity contribution in [2.45, 2.75) is 39.9 Å². The maximum absolute atomic E-state index is 11.4. The summed E-state index contributed by atoms with van der Waals surface area (Å²) >= 11 is 0. The van der Waals surface area contributed by atoms with Crippen molar-refractivity contribution in [3.05, 3.63) is 51.7 Å². The zero-order valence-electron chi connectivity index (χ0n) is 13.3. The van der Waals surface area contributed by atoms with E-state index in [9.17, 15) is 4.79 Å². The van der Waals surface area contributed by atoms with Crippen molar-refractivity contribution in [2.24, 2.45) is 7.05 Å². The highest BCUT2D eigenvalue weighted by molar-refractivity contribution is 5.11. The number of aryl methyl sites for hydroxylation is 3. The van der Waals surface area contributed by atoms with Gasteiger partial charge in [0.05, 0.1) is 11.4 Å². The highest BCUT2D eigenvalue weighted by Crippen LogP contribution is 2.10. The van der Waals surface area contributed by atoms with Crippen LogP contribution in [0, 0.1) is 6.92 Å². The van der Waals surface area contributed by atoms with Gasteiger partial charge in [-0.2, -0.15) is 5.10 Å². The van der Waals surface area contributed by atoms with E-state index in [-0.39, 0.29) is 5.56 Å². The van der Waals surface area contributed by atoms with Gasteiger partial charge >= 0.3 is 0 Å². The lowest BCUT2D eigenvalue weighted by Gasteiger charge is -2.17. The molecule has 2 aromatic rings. The molecule has 2 rings (SSSR count). The third-order valence-electron chi connectivity index (χ3n) is 3.45. The monoisotopic (exact) mass is 288 g/mol. The first-order valence-corrected chi connectivity index (χ1v) is 7.37.